The number of halogens is 1. The highest BCUT2D eigenvalue weighted by molar-refractivity contribution is 7.92. The second-order valence-electron chi connectivity index (χ2n) is 6.87. The average molecular weight is 427 g/mol. The fourth-order valence-corrected chi connectivity index (χ4v) is 4.35. The number of carbonyl (C=O) groups is 1. The van der Waals surface area contributed by atoms with Gasteiger partial charge in [-0.1, -0.05) is 48.9 Å². The molecule has 0 unspecified atom stereocenters. The van der Waals surface area contributed by atoms with Crippen molar-refractivity contribution >= 4 is 27.3 Å². The normalized spacial score (nSPS) is 11.2. The van der Waals surface area contributed by atoms with E-state index in [9.17, 15) is 17.6 Å². The maximum absolute atomic E-state index is 13.9. The Morgan fingerprint density at radius 2 is 1.60 bits per heavy atom. The molecule has 0 saturated heterocycles. The summed E-state index contributed by atoms with van der Waals surface area (Å²) in [7, 11) is -4.01. The third-order valence-corrected chi connectivity index (χ3v) is 6.46. The quantitative estimate of drug-likeness (QED) is 0.604. The summed E-state index contributed by atoms with van der Waals surface area (Å²) in [5.41, 5.74) is 2.32. The maximum atomic E-state index is 13.9. The molecule has 0 saturated carbocycles. The van der Waals surface area contributed by atoms with E-state index < -0.39 is 28.3 Å². The van der Waals surface area contributed by atoms with Crippen LogP contribution in [0, 0.1) is 12.7 Å². The highest BCUT2D eigenvalue weighted by Gasteiger charge is 2.27. The number of para-hydroxylation sites is 1. The van der Waals surface area contributed by atoms with E-state index in [0.717, 1.165) is 21.9 Å². The number of benzene rings is 3. The van der Waals surface area contributed by atoms with E-state index in [1.165, 1.54) is 30.3 Å². The van der Waals surface area contributed by atoms with Crippen LogP contribution in [0.1, 0.15) is 18.1 Å². The molecule has 0 aliphatic heterocycles. The molecule has 156 valence electrons. The minimum absolute atomic E-state index is 0.00323. The summed E-state index contributed by atoms with van der Waals surface area (Å²) in [4.78, 5) is 12.7. The number of hydrogen-bond donors (Lipinski definition) is 1. The molecule has 0 aliphatic carbocycles. The lowest BCUT2D eigenvalue weighted by atomic mass is 10.1. The highest BCUT2D eigenvalue weighted by atomic mass is 32.2. The number of hydrogen-bond acceptors (Lipinski definition) is 3. The largest absolute Gasteiger partial charge is 0.322 e. The standard InChI is InChI=1S/C23H23FN2O3S/c1-3-18-10-12-19(13-11-18)26(30(28,29)20-14-8-17(2)9-15-20)16-23(27)25-22-7-5-4-6-21(22)24/h4-15H,3,16H2,1-2H3,(H,25,27). The number of aryl methyl sites for hydroxylation is 2. The van der Waals surface area contributed by atoms with Crippen molar-refractivity contribution in [1.82, 2.24) is 0 Å². The predicted octanol–water partition coefficient (Wildman–Crippen LogP) is 4.53. The number of amides is 1. The van der Waals surface area contributed by atoms with E-state index in [2.05, 4.69) is 5.32 Å². The first kappa shape index (κ1) is 21.5. The Balaban J connectivity index is 1.95. The van der Waals surface area contributed by atoms with E-state index in [-0.39, 0.29) is 10.6 Å². The van der Waals surface area contributed by atoms with E-state index in [1.807, 2.05) is 26.0 Å². The summed E-state index contributed by atoms with van der Waals surface area (Å²) in [5.74, 6) is -1.23. The second-order valence-corrected chi connectivity index (χ2v) is 8.74. The van der Waals surface area contributed by atoms with Gasteiger partial charge in [0.2, 0.25) is 5.91 Å². The third kappa shape index (κ3) is 4.86. The van der Waals surface area contributed by atoms with Crippen LogP contribution in [0.3, 0.4) is 0 Å². The Bertz CT molecular complexity index is 1130. The molecule has 1 N–H and O–H groups in total. The molecule has 0 atom stereocenters. The molecule has 3 rings (SSSR count). The number of rotatable bonds is 7. The summed E-state index contributed by atoms with van der Waals surface area (Å²) >= 11 is 0. The SMILES string of the molecule is CCc1ccc(N(CC(=O)Nc2ccccc2F)S(=O)(=O)c2ccc(C)cc2)cc1. The molecule has 7 heteroatoms. The van der Waals surface area contributed by atoms with Gasteiger partial charge in [0.05, 0.1) is 16.3 Å². The zero-order chi connectivity index (χ0) is 21.7. The van der Waals surface area contributed by atoms with Crippen molar-refractivity contribution in [2.24, 2.45) is 0 Å². The van der Waals surface area contributed by atoms with Crippen molar-refractivity contribution in [1.29, 1.82) is 0 Å². The van der Waals surface area contributed by atoms with Gasteiger partial charge >= 0.3 is 0 Å². The predicted molar refractivity (Wildman–Crippen MR) is 117 cm³/mol. The lowest BCUT2D eigenvalue weighted by molar-refractivity contribution is -0.114. The van der Waals surface area contributed by atoms with Crippen LogP contribution >= 0.6 is 0 Å². The van der Waals surface area contributed by atoms with Gasteiger partial charge in [-0.3, -0.25) is 9.10 Å². The van der Waals surface area contributed by atoms with Gasteiger partial charge in [0, 0.05) is 0 Å². The number of nitrogens with zero attached hydrogens (tertiary/aromatic N) is 1. The zero-order valence-electron chi connectivity index (χ0n) is 16.8. The van der Waals surface area contributed by atoms with Crippen LogP contribution in [0.2, 0.25) is 0 Å². The molecule has 0 radical (unpaired) electrons. The minimum Gasteiger partial charge on any atom is -0.322 e. The third-order valence-electron chi connectivity index (χ3n) is 4.68. The molecular weight excluding hydrogens is 403 g/mol. The van der Waals surface area contributed by atoms with E-state index >= 15 is 0 Å². The Kier molecular flexibility index (Phi) is 6.52. The summed E-state index contributed by atoms with van der Waals surface area (Å²) in [6.07, 6.45) is 0.804. The van der Waals surface area contributed by atoms with E-state index in [1.54, 1.807) is 30.3 Å². The summed E-state index contributed by atoms with van der Waals surface area (Å²) in [6.45, 7) is 3.37. The van der Waals surface area contributed by atoms with Crippen molar-refractivity contribution < 1.29 is 17.6 Å². The monoisotopic (exact) mass is 426 g/mol. The Labute approximate surface area is 176 Å². The topological polar surface area (TPSA) is 66.5 Å². The van der Waals surface area contributed by atoms with Gasteiger partial charge in [0.25, 0.3) is 10.0 Å². The fourth-order valence-electron chi connectivity index (χ4n) is 2.93. The molecule has 0 heterocycles. The first-order valence-corrected chi connectivity index (χ1v) is 11.0. The summed E-state index contributed by atoms with van der Waals surface area (Å²) < 4.78 is 41.6. The molecule has 3 aromatic carbocycles. The van der Waals surface area contributed by atoms with Crippen molar-refractivity contribution in [3.05, 3.63) is 89.7 Å². The van der Waals surface area contributed by atoms with Gasteiger partial charge in [0.1, 0.15) is 12.4 Å². The first-order chi connectivity index (χ1) is 14.3. The van der Waals surface area contributed by atoms with Crippen LogP contribution in [0.5, 0.6) is 0 Å². The van der Waals surface area contributed by atoms with Gasteiger partial charge < -0.3 is 5.32 Å². The van der Waals surface area contributed by atoms with Crippen molar-refractivity contribution in [2.75, 3.05) is 16.2 Å². The smallest absolute Gasteiger partial charge is 0.264 e. The first-order valence-electron chi connectivity index (χ1n) is 9.54. The van der Waals surface area contributed by atoms with Crippen LogP contribution < -0.4 is 9.62 Å². The fraction of sp³-hybridized carbons (Fsp3) is 0.174. The van der Waals surface area contributed by atoms with Crippen LogP contribution in [-0.2, 0) is 21.2 Å². The molecule has 0 aliphatic rings. The number of carbonyl (C=O) groups excluding carboxylic acids is 1. The lowest BCUT2D eigenvalue weighted by Crippen LogP contribution is -2.38. The molecule has 3 aromatic rings. The number of sulfonamides is 1. The lowest BCUT2D eigenvalue weighted by Gasteiger charge is -2.24. The Morgan fingerprint density at radius 1 is 0.967 bits per heavy atom. The van der Waals surface area contributed by atoms with Gasteiger partial charge in [-0.05, 0) is 55.3 Å². The molecule has 0 aromatic heterocycles. The molecule has 0 bridgehead atoms. The Morgan fingerprint density at radius 3 is 2.20 bits per heavy atom. The van der Waals surface area contributed by atoms with Gasteiger partial charge in [0.15, 0.2) is 0 Å². The van der Waals surface area contributed by atoms with Crippen molar-refractivity contribution in [3.8, 4) is 0 Å². The molecular formula is C23H23FN2O3S. The second kappa shape index (κ2) is 9.09. The van der Waals surface area contributed by atoms with Crippen LogP contribution in [-0.4, -0.2) is 20.9 Å². The molecule has 0 spiro atoms. The van der Waals surface area contributed by atoms with Crippen LogP contribution in [0.15, 0.2) is 77.7 Å². The van der Waals surface area contributed by atoms with Crippen molar-refractivity contribution in [3.63, 3.8) is 0 Å². The Hall–Kier alpha value is -3.19. The van der Waals surface area contributed by atoms with Crippen molar-refractivity contribution in [2.45, 2.75) is 25.2 Å². The zero-order valence-corrected chi connectivity index (χ0v) is 17.6. The highest BCUT2D eigenvalue weighted by Crippen LogP contribution is 2.25. The molecule has 5 nitrogen and oxygen atoms in total. The van der Waals surface area contributed by atoms with E-state index in [4.69, 9.17) is 0 Å². The number of anilines is 2. The van der Waals surface area contributed by atoms with Crippen LogP contribution in [0.4, 0.5) is 15.8 Å². The maximum Gasteiger partial charge on any atom is 0.264 e. The average Bonchev–Trinajstić information content (AvgIpc) is 2.74. The summed E-state index contributed by atoms with van der Waals surface area (Å²) in [5, 5.41) is 2.45. The summed E-state index contributed by atoms with van der Waals surface area (Å²) in [6, 6.07) is 19.1. The van der Waals surface area contributed by atoms with Crippen LogP contribution in [0.25, 0.3) is 0 Å². The molecule has 30 heavy (non-hydrogen) atoms. The minimum atomic E-state index is -4.01. The molecule has 1 amide bonds. The van der Waals surface area contributed by atoms with Gasteiger partial charge in [-0.15, -0.1) is 0 Å². The van der Waals surface area contributed by atoms with Gasteiger partial charge in [-0.25, -0.2) is 12.8 Å². The number of nitrogens with one attached hydrogen (secondary N) is 1. The van der Waals surface area contributed by atoms with E-state index in [0.29, 0.717) is 5.69 Å². The molecule has 0 fully saturated rings. The van der Waals surface area contributed by atoms with Gasteiger partial charge in [-0.2, -0.15) is 0 Å².